The molecule has 0 radical (unpaired) electrons. The number of non-ortho nitro benzene ring substituents is 1. The molecule has 0 saturated carbocycles. The van der Waals surface area contributed by atoms with Crippen LogP contribution >= 0.6 is 0 Å². The molecule has 0 fully saturated rings. The van der Waals surface area contributed by atoms with Crippen LogP contribution in [-0.4, -0.2) is 30.6 Å². The highest BCUT2D eigenvalue weighted by Gasteiger charge is 2.16. The molecule has 0 aliphatic rings. The van der Waals surface area contributed by atoms with Crippen LogP contribution < -0.4 is 4.83 Å². The number of aromatic carboxylic acids is 1. The molecule has 10 heteroatoms. The van der Waals surface area contributed by atoms with Crippen LogP contribution in [0, 0.1) is 10.1 Å². The normalized spacial score (nSPS) is 11.3. The summed E-state index contributed by atoms with van der Waals surface area (Å²) in [6.07, 6.45) is 1.18. The number of hydrogen-bond acceptors (Lipinski definition) is 6. The summed E-state index contributed by atoms with van der Waals surface area (Å²) in [5.74, 6) is -1.08. The Bertz CT molecular complexity index is 906. The van der Waals surface area contributed by atoms with Gasteiger partial charge in [-0.3, -0.25) is 10.1 Å². The topological polar surface area (TPSA) is 139 Å². The zero-order valence-corrected chi connectivity index (χ0v) is 12.8. The number of carbonyl (C=O) groups is 1. The average molecular weight is 349 g/mol. The first-order valence-corrected chi connectivity index (χ1v) is 7.90. The zero-order chi connectivity index (χ0) is 17.7. The summed E-state index contributed by atoms with van der Waals surface area (Å²) in [5, 5.41) is 23.0. The Kier molecular flexibility index (Phi) is 4.90. The van der Waals surface area contributed by atoms with Crippen LogP contribution in [0.2, 0.25) is 0 Å². The molecule has 0 amide bonds. The molecule has 0 spiro atoms. The summed E-state index contributed by atoms with van der Waals surface area (Å²) in [4.78, 5) is 22.3. The van der Waals surface area contributed by atoms with Gasteiger partial charge in [0.05, 0.1) is 21.6 Å². The van der Waals surface area contributed by atoms with E-state index in [1.165, 1.54) is 48.7 Å². The molecule has 0 aliphatic heterocycles. The molecule has 0 unspecified atom stereocenters. The molecule has 0 aromatic heterocycles. The third-order valence-electron chi connectivity index (χ3n) is 2.88. The second-order valence-corrected chi connectivity index (χ2v) is 6.20. The fraction of sp³-hybridized carbons (Fsp3) is 0. The molecule has 2 N–H and O–H groups in total. The van der Waals surface area contributed by atoms with Crippen molar-refractivity contribution in [1.82, 2.24) is 4.83 Å². The second-order valence-electron chi connectivity index (χ2n) is 4.53. The monoisotopic (exact) mass is 349 g/mol. The van der Waals surface area contributed by atoms with Gasteiger partial charge in [0.25, 0.3) is 15.7 Å². The minimum absolute atomic E-state index is 0.0873. The van der Waals surface area contributed by atoms with E-state index in [1.54, 1.807) is 0 Å². The van der Waals surface area contributed by atoms with Gasteiger partial charge in [0, 0.05) is 12.1 Å². The van der Waals surface area contributed by atoms with E-state index < -0.39 is 20.9 Å². The first-order chi connectivity index (χ1) is 11.3. The number of benzene rings is 2. The SMILES string of the molecule is O=C(O)c1ccc(/C=N/NS(=O)(=O)c2cccc([N+](=O)[O-])c2)cc1. The molecule has 0 aliphatic carbocycles. The van der Waals surface area contributed by atoms with Crippen molar-refractivity contribution in [2.45, 2.75) is 4.90 Å². The second kappa shape index (κ2) is 6.87. The van der Waals surface area contributed by atoms with E-state index in [2.05, 4.69) is 5.10 Å². The smallest absolute Gasteiger partial charge is 0.335 e. The molecule has 9 nitrogen and oxygen atoms in total. The van der Waals surface area contributed by atoms with Gasteiger partial charge in [0.15, 0.2) is 0 Å². The maximum atomic E-state index is 12.0. The number of nitro groups is 1. The number of nitrogens with one attached hydrogen (secondary N) is 1. The van der Waals surface area contributed by atoms with E-state index in [9.17, 15) is 23.3 Å². The number of carboxylic acids is 1. The van der Waals surface area contributed by atoms with Crippen LogP contribution in [0.1, 0.15) is 15.9 Å². The van der Waals surface area contributed by atoms with E-state index in [0.717, 1.165) is 6.07 Å². The highest BCUT2D eigenvalue weighted by Crippen LogP contribution is 2.17. The number of sulfonamides is 1. The predicted molar refractivity (Wildman–Crippen MR) is 84.4 cm³/mol. The summed E-state index contributed by atoms with van der Waals surface area (Å²) >= 11 is 0. The molecule has 0 saturated heterocycles. The average Bonchev–Trinajstić information content (AvgIpc) is 2.55. The maximum absolute atomic E-state index is 12.0. The Morgan fingerprint density at radius 2 is 1.88 bits per heavy atom. The number of nitrogens with zero attached hydrogens (tertiary/aromatic N) is 2. The summed E-state index contributed by atoms with van der Waals surface area (Å²) < 4.78 is 24.0. The predicted octanol–water partition coefficient (Wildman–Crippen LogP) is 1.61. The van der Waals surface area contributed by atoms with E-state index in [0.29, 0.717) is 5.56 Å². The Labute approximate surface area is 136 Å². The Balaban J connectivity index is 2.13. The molecular weight excluding hydrogens is 338 g/mol. The summed E-state index contributed by atoms with van der Waals surface area (Å²) in [7, 11) is -4.05. The molecular formula is C14H11N3O6S. The summed E-state index contributed by atoms with van der Waals surface area (Å²) in [5.41, 5.74) is 0.206. The Hall–Kier alpha value is -3.27. The zero-order valence-electron chi connectivity index (χ0n) is 12.0. The molecule has 24 heavy (non-hydrogen) atoms. The van der Waals surface area contributed by atoms with E-state index in [4.69, 9.17) is 5.11 Å². The van der Waals surface area contributed by atoms with Gasteiger partial charge in [0.2, 0.25) is 0 Å². The van der Waals surface area contributed by atoms with Crippen molar-refractivity contribution in [3.05, 3.63) is 69.8 Å². The lowest BCUT2D eigenvalue weighted by molar-refractivity contribution is -0.385. The fourth-order valence-electron chi connectivity index (χ4n) is 1.70. The quantitative estimate of drug-likeness (QED) is 0.461. The Morgan fingerprint density at radius 3 is 2.46 bits per heavy atom. The van der Waals surface area contributed by atoms with Gasteiger partial charge in [-0.2, -0.15) is 13.5 Å². The van der Waals surface area contributed by atoms with Gasteiger partial charge in [-0.25, -0.2) is 9.63 Å². The highest BCUT2D eigenvalue weighted by molar-refractivity contribution is 7.89. The van der Waals surface area contributed by atoms with Crippen LogP contribution in [0.3, 0.4) is 0 Å². The number of hydrogen-bond donors (Lipinski definition) is 2. The largest absolute Gasteiger partial charge is 0.478 e. The lowest BCUT2D eigenvalue weighted by atomic mass is 10.1. The van der Waals surface area contributed by atoms with Gasteiger partial charge < -0.3 is 5.11 Å². The number of carboxylic acid groups (broad SMARTS) is 1. The lowest BCUT2D eigenvalue weighted by Gasteiger charge is -2.03. The first-order valence-electron chi connectivity index (χ1n) is 6.42. The molecule has 0 atom stereocenters. The summed E-state index contributed by atoms with van der Waals surface area (Å²) in [6, 6.07) is 10.1. The van der Waals surface area contributed by atoms with Gasteiger partial charge in [-0.1, -0.05) is 18.2 Å². The van der Waals surface area contributed by atoms with Gasteiger partial charge >= 0.3 is 5.97 Å². The standard InChI is InChI=1S/C14H11N3O6S/c18-14(19)11-6-4-10(5-7-11)9-15-16-24(22,23)13-3-1-2-12(8-13)17(20)21/h1-9,16H,(H,18,19)/b15-9+. The molecule has 0 bridgehead atoms. The minimum Gasteiger partial charge on any atom is -0.478 e. The molecule has 124 valence electrons. The van der Waals surface area contributed by atoms with Crippen molar-refractivity contribution in [2.24, 2.45) is 5.10 Å². The number of hydrazone groups is 1. The minimum atomic E-state index is -4.05. The maximum Gasteiger partial charge on any atom is 0.335 e. The van der Waals surface area contributed by atoms with Gasteiger partial charge in [-0.05, 0) is 23.8 Å². The molecule has 2 aromatic carbocycles. The Morgan fingerprint density at radius 1 is 1.21 bits per heavy atom. The van der Waals surface area contributed by atoms with Crippen LogP contribution in [0.15, 0.2) is 58.5 Å². The lowest BCUT2D eigenvalue weighted by Crippen LogP contribution is -2.18. The van der Waals surface area contributed by atoms with Crippen molar-refractivity contribution in [1.29, 1.82) is 0 Å². The highest BCUT2D eigenvalue weighted by atomic mass is 32.2. The molecule has 2 rings (SSSR count). The fourth-order valence-corrected chi connectivity index (χ4v) is 2.53. The van der Waals surface area contributed by atoms with Crippen molar-refractivity contribution in [3.63, 3.8) is 0 Å². The molecule has 0 heterocycles. The van der Waals surface area contributed by atoms with E-state index >= 15 is 0 Å². The third-order valence-corrected chi connectivity index (χ3v) is 4.10. The van der Waals surface area contributed by atoms with Crippen LogP contribution in [0.5, 0.6) is 0 Å². The van der Waals surface area contributed by atoms with E-state index in [-0.39, 0.29) is 16.1 Å². The van der Waals surface area contributed by atoms with Crippen molar-refractivity contribution in [2.75, 3.05) is 0 Å². The van der Waals surface area contributed by atoms with Crippen LogP contribution in [-0.2, 0) is 10.0 Å². The summed E-state index contributed by atoms with van der Waals surface area (Å²) in [6.45, 7) is 0. The number of nitro benzene ring substituents is 1. The van der Waals surface area contributed by atoms with Crippen molar-refractivity contribution in [3.8, 4) is 0 Å². The van der Waals surface area contributed by atoms with Gasteiger partial charge in [-0.15, -0.1) is 0 Å². The van der Waals surface area contributed by atoms with Crippen molar-refractivity contribution >= 4 is 27.9 Å². The third kappa shape index (κ3) is 4.14. The number of rotatable bonds is 6. The first kappa shape index (κ1) is 17.1. The van der Waals surface area contributed by atoms with Gasteiger partial charge in [0.1, 0.15) is 0 Å². The van der Waals surface area contributed by atoms with E-state index in [1.807, 2.05) is 4.83 Å². The molecule has 2 aromatic rings. The van der Waals surface area contributed by atoms with Crippen LogP contribution in [0.4, 0.5) is 5.69 Å². The van der Waals surface area contributed by atoms with Crippen molar-refractivity contribution < 1.29 is 23.2 Å². The van der Waals surface area contributed by atoms with Crippen LogP contribution in [0.25, 0.3) is 0 Å².